The molecule has 2 saturated heterocycles. The summed E-state index contributed by atoms with van der Waals surface area (Å²) >= 11 is 0. The summed E-state index contributed by atoms with van der Waals surface area (Å²) in [7, 11) is 0. The molecule has 4 nitrogen and oxygen atoms in total. The van der Waals surface area contributed by atoms with E-state index in [1.165, 1.54) is 0 Å². The minimum absolute atomic E-state index is 0.0204. The average molecular weight is 212 g/mol. The van der Waals surface area contributed by atoms with Crippen LogP contribution in [0.15, 0.2) is 0 Å². The maximum Gasteiger partial charge on any atom is 0.323 e. The van der Waals surface area contributed by atoms with Gasteiger partial charge in [-0.3, -0.25) is 14.6 Å². The fraction of sp³-hybridized carbons (Fsp3) is 0.909. The molecule has 0 aromatic heterocycles. The molecule has 86 valence electrons. The fourth-order valence-electron chi connectivity index (χ4n) is 2.38. The van der Waals surface area contributed by atoms with E-state index in [4.69, 9.17) is 4.74 Å². The molecule has 2 heterocycles. The number of nitrogens with zero attached hydrogens (tertiary/aromatic N) is 2. The molecule has 0 aromatic rings. The van der Waals surface area contributed by atoms with Crippen molar-refractivity contribution in [2.45, 2.75) is 32.4 Å². The zero-order chi connectivity index (χ0) is 10.8. The molecule has 0 saturated carbocycles. The largest absolute Gasteiger partial charge is 0.464 e. The lowest BCUT2D eigenvalue weighted by atomic mass is 10.1. The number of carbonyl (C=O) groups excluding carboxylic acids is 1. The number of cyclic esters (lactones) is 1. The second-order valence-corrected chi connectivity index (χ2v) is 4.64. The van der Waals surface area contributed by atoms with E-state index in [-0.39, 0.29) is 12.0 Å². The molecule has 0 aromatic carbocycles. The van der Waals surface area contributed by atoms with Gasteiger partial charge in [-0.15, -0.1) is 0 Å². The molecular weight excluding hydrogens is 192 g/mol. The predicted molar refractivity (Wildman–Crippen MR) is 57.6 cm³/mol. The monoisotopic (exact) mass is 212 g/mol. The van der Waals surface area contributed by atoms with Crippen molar-refractivity contribution in [2.24, 2.45) is 0 Å². The summed E-state index contributed by atoms with van der Waals surface area (Å²) < 4.78 is 5.00. The first kappa shape index (κ1) is 10.9. The van der Waals surface area contributed by atoms with Gasteiger partial charge in [0.05, 0.1) is 6.61 Å². The lowest BCUT2D eigenvalue weighted by molar-refractivity contribution is -0.142. The molecule has 15 heavy (non-hydrogen) atoms. The fourth-order valence-corrected chi connectivity index (χ4v) is 2.38. The molecule has 2 aliphatic heterocycles. The highest BCUT2D eigenvalue weighted by atomic mass is 16.5. The van der Waals surface area contributed by atoms with Gasteiger partial charge >= 0.3 is 5.97 Å². The molecule has 2 rings (SSSR count). The van der Waals surface area contributed by atoms with Crippen LogP contribution in [0.3, 0.4) is 0 Å². The number of esters is 1. The van der Waals surface area contributed by atoms with E-state index < -0.39 is 0 Å². The van der Waals surface area contributed by atoms with Crippen molar-refractivity contribution in [1.29, 1.82) is 0 Å². The maximum atomic E-state index is 11.4. The van der Waals surface area contributed by atoms with Crippen molar-refractivity contribution < 1.29 is 9.53 Å². The first-order valence-electron chi connectivity index (χ1n) is 5.83. The van der Waals surface area contributed by atoms with Gasteiger partial charge in [0.1, 0.15) is 6.04 Å². The summed E-state index contributed by atoms with van der Waals surface area (Å²) in [6.45, 7) is 9.19. The zero-order valence-electron chi connectivity index (χ0n) is 9.61. The Morgan fingerprint density at radius 3 is 2.40 bits per heavy atom. The molecule has 0 spiro atoms. The predicted octanol–water partition coefficient (Wildman–Crippen LogP) is 0.328. The van der Waals surface area contributed by atoms with Crippen molar-refractivity contribution in [3.8, 4) is 0 Å². The van der Waals surface area contributed by atoms with Crippen LogP contribution in [-0.4, -0.2) is 60.6 Å². The number of hydrogen-bond acceptors (Lipinski definition) is 4. The van der Waals surface area contributed by atoms with Crippen molar-refractivity contribution in [2.75, 3.05) is 32.8 Å². The zero-order valence-corrected chi connectivity index (χ0v) is 9.61. The molecule has 2 fully saturated rings. The summed E-state index contributed by atoms with van der Waals surface area (Å²) in [4.78, 5) is 16.1. The van der Waals surface area contributed by atoms with Crippen molar-refractivity contribution >= 4 is 5.97 Å². The van der Waals surface area contributed by atoms with Gasteiger partial charge in [-0.2, -0.15) is 0 Å². The van der Waals surface area contributed by atoms with Crippen LogP contribution in [0.25, 0.3) is 0 Å². The van der Waals surface area contributed by atoms with Crippen LogP contribution < -0.4 is 0 Å². The standard InChI is InChI=1S/C11H20N2O2/c1-9(2)12-4-6-13(7-5-12)10-3-8-15-11(10)14/h9-10H,3-8H2,1-2H3. The van der Waals surface area contributed by atoms with E-state index in [1.54, 1.807) is 0 Å². The summed E-state index contributed by atoms with van der Waals surface area (Å²) in [5.41, 5.74) is 0. The minimum Gasteiger partial charge on any atom is -0.464 e. The van der Waals surface area contributed by atoms with Gasteiger partial charge in [0, 0.05) is 38.6 Å². The topological polar surface area (TPSA) is 32.8 Å². The highest BCUT2D eigenvalue weighted by Crippen LogP contribution is 2.16. The van der Waals surface area contributed by atoms with Crippen molar-refractivity contribution in [3.05, 3.63) is 0 Å². The van der Waals surface area contributed by atoms with Crippen LogP contribution in [0, 0.1) is 0 Å². The van der Waals surface area contributed by atoms with Crippen LogP contribution in [0.4, 0.5) is 0 Å². The Bertz CT molecular complexity index is 235. The molecule has 0 aliphatic carbocycles. The number of carbonyl (C=O) groups is 1. The smallest absolute Gasteiger partial charge is 0.323 e. The van der Waals surface area contributed by atoms with Crippen molar-refractivity contribution in [3.63, 3.8) is 0 Å². The van der Waals surface area contributed by atoms with Gasteiger partial charge in [0.2, 0.25) is 0 Å². The van der Waals surface area contributed by atoms with E-state index >= 15 is 0 Å². The van der Waals surface area contributed by atoms with E-state index in [2.05, 4.69) is 23.6 Å². The Morgan fingerprint density at radius 2 is 1.93 bits per heavy atom. The Labute approximate surface area is 91.2 Å². The number of rotatable bonds is 2. The van der Waals surface area contributed by atoms with E-state index in [9.17, 15) is 4.79 Å². The Balaban J connectivity index is 1.85. The minimum atomic E-state index is -0.0204. The maximum absolute atomic E-state index is 11.4. The SMILES string of the molecule is CC(C)N1CCN(C2CCOC2=O)CC1. The third-order valence-corrected chi connectivity index (χ3v) is 3.43. The van der Waals surface area contributed by atoms with Crippen LogP contribution in [0.1, 0.15) is 20.3 Å². The first-order valence-corrected chi connectivity index (χ1v) is 5.83. The Hall–Kier alpha value is -0.610. The molecule has 0 N–H and O–H groups in total. The lowest BCUT2D eigenvalue weighted by Crippen LogP contribution is -2.53. The van der Waals surface area contributed by atoms with Gasteiger partial charge in [0.25, 0.3) is 0 Å². The van der Waals surface area contributed by atoms with Gasteiger partial charge in [-0.1, -0.05) is 0 Å². The summed E-state index contributed by atoms with van der Waals surface area (Å²) in [5, 5.41) is 0. The molecule has 0 bridgehead atoms. The molecule has 0 radical (unpaired) electrons. The third-order valence-electron chi connectivity index (χ3n) is 3.43. The summed E-state index contributed by atoms with van der Waals surface area (Å²) in [6.07, 6.45) is 0.876. The second-order valence-electron chi connectivity index (χ2n) is 4.64. The quantitative estimate of drug-likeness (QED) is 0.617. The van der Waals surface area contributed by atoms with E-state index in [0.717, 1.165) is 32.6 Å². The Morgan fingerprint density at radius 1 is 1.27 bits per heavy atom. The molecule has 4 heteroatoms. The van der Waals surface area contributed by atoms with Crippen LogP contribution in [0.5, 0.6) is 0 Å². The van der Waals surface area contributed by atoms with Gasteiger partial charge in [0.15, 0.2) is 0 Å². The number of ether oxygens (including phenoxy) is 1. The molecule has 2 aliphatic rings. The normalized spacial score (nSPS) is 29.8. The molecule has 1 atom stereocenters. The van der Waals surface area contributed by atoms with E-state index in [0.29, 0.717) is 12.6 Å². The first-order chi connectivity index (χ1) is 7.18. The molecule has 1 unspecified atom stereocenters. The van der Waals surface area contributed by atoms with Crippen LogP contribution >= 0.6 is 0 Å². The second kappa shape index (κ2) is 4.49. The van der Waals surface area contributed by atoms with Crippen LogP contribution in [0.2, 0.25) is 0 Å². The molecule has 0 amide bonds. The number of piperazine rings is 1. The highest BCUT2D eigenvalue weighted by Gasteiger charge is 2.34. The van der Waals surface area contributed by atoms with Crippen LogP contribution in [-0.2, 0) is 9.53 Å². The van der Waals surface area contributed by atoms with Gasteiger partial charge in [-0.25, -0.2) is 0 Å². The third kappa shape index (κ3) is 2.32. The average Bonchev–Trinajstić information content (AvgIpc) is 2.65. The lowest BCUT2D eigenvalue weighted by Gasteiger charge is -2.38. The molecular formula is C11H20N2O2. The van der Waals surface area contributed by atoms with Crippen molar-refractivity contribution in [1.82, 2.24) is 9.80 Å². The van der Waals surface area contributed by atoms with E-state index in [1.807, 2.05) is 0 Å². The van der Waals surface area contributed by atoms with Gasteiger partial charge < -0.3 is 4.74 Å². The number of hydrogen-bond donors (Lipinski definition) is 0. The Kier molecular flexibility index (Phi) is 3.26. The highest BCUT2D eigenvalue weighted by molar-refractivity contribution is 5.77. The summed E-state index contributed by atoms with van der Waals surface area (Å²) in [6, 6.07) is 0.655. The summed E-state index contributed by atoms with van der Waals surface area (Å²) in [5.74, 6) is -0.0204. The van der Waals surface area contributed by atoms with Gasteiger partial charge in [-0.05, 0) is 13.8 Å².